The van der Waals surface area contributed by atoms with Crippen molar-refractivity contribution in [2.75, 3.05) is 0 Å². The minimum Gasteiger partial charge on any atom is -0.296 e. The number of halogens is 1. The number of hydrogen-bond acceptors (Lipinski definition) is 4. The molecule has 76 valence electrons. The first-order valence-corrected chi connectivity index (χ1v) is 4.35. The number of aromatic nitrogens is 4. The normalized spacial score (nSPS) is 10.2. The SMILES string of the molecule is O=Cc1ccn(-c2n[nH]c(Cl)cc2=O)n1. The number of aldehydes is 1. The summed E-state index contributed by atoms with van der Waals surface area (Å²) >= 11 is 5.53. The van der Waals surface area contributed by atoms with E-state index in [4.69, 9.17) is 11.6 Å². The van der Waals surface area contributed by atoms with Crippen LogP contribution in [0.15, 0.2) is 23.1 Å². The molecule has 2 aromatic rings. The molecule has 6 nitrogen and oxygen atoms in total. The molecule has 0 spiro atoms. The van der Waals surface area contributed by atoms with Crippen molar-refractivity contribution < 1.29 is 4.79 Å². The fraction of sp³-hybridized carbons (Fsp3) is 0. The topological polar surface area (TPSA) is 80.6 Å². The average molecular weight is 225 g/mol. The monoisotopic (exact) mass is 224 g/mol. The van der Waals surface area contributed by atoms with E-state index in [1.54, 1.807) is 0 Å². The molecule has 7 heteroatoms. The standard InChI is InChI=1S/C8H5ClN4O2/c9-7-3-6(15)8(11-10-7)13-2-1-5(4-14)12-13/h1-4H,(H,10,15). The van der Waals surface area contributed by atoms with Gasteiger partial charge in [-0.15, -0.1) is 0 Å². The van der Waals surface area contributed by atoms with Crippen LogP contribution in [0.2, 0.25) is 5.15 Å². The fourth-order valence-corrected chi connectivity index (χ4v) is 1.20. The molecule has 0 bridgehead atoms. The average Bonchev–Trinajstić information content (AvgIpc) is 2.66. The van der Waals surface area contributed by atoms with Crippen LogP contribution in [-0.4, -0.2) is 26.3 Å². The minimum absolute atomic E-state index is 0.0625. The Bertz CT molecular complexity index is 560. The Morgan fingerprint density at radius 3 is 2.93 bits per heavy atom. The number of nitrogens with zero attached hydrogens (tertiary/aromatic N) is 3. The third kappa shape index (κ3) is 1.79. The van der Waals surface area contributed by atoms with Gasteiger partial charge in [0.05, 0.1) is 0 Å². The minimum atomic E-state index is -0.376. The number of hydrogen-bond donors (Lipinski definition) is 1. The molecule has 0 atom stereocenters. The maximum Gasteiger partial charge on any atom is 0.227 e. The molecular formula is C8H5ClN4O2. The van der Waals surface area contributed by atoms with E-state index in [1.165, 1.54) is 23.0 Å². The van der Waals surface area contributed by atoms with E-state index in [2.05, 4.69) is 15.3 Å². The molecule has 0 aromatic carbocycles. The van der Waals surface area contributed by atoms with Gasteiger partial charge in [0.15, 0.2) is 6.29 Å². The molecule has 0 amide bonds. The van der Waals surface area contributed by atoms with Gasteiger partial charge < -0.3 is 0 Å². The number of H-pyrrole nitrogens is 1. The Morgan fingerprint density at radius 2 is 2.33 bits per heavy atom. The number of nitrogens with one attached hydrogen (secondary N) is 1. The molecule has 2 heterocycles. The lowest BCUT2D eigenvalue weighted by molar-refractivity contribution is 0.111. The Balaban J connectivity index is 2.54. The molecule has 2 rings (SSSR count). The van der Waals surface area contributed by atoms with E-state index in [-0.39, 0.29) is 22.1 Å². The molecule has 0 aliphatic rings. The Morgan fingerprint density at radius 1 is 1.53 bits per heavy atom. The quantitative estimate of drug-likeness (QED) is 0.750. The third-order valence-corrected chi connectivity index (χ3v) is 1.89. The summed E-state index contributed by atoms with van der Waals surface area (Å²) in [5.41, 5.74) is -0.148. The highest BCUT2D eigenvalue weighted by Crippen LogP contribution is 2.01. The molecule has 0 radical (unpaired) electrons. The zero-order valence-electron chi connectivity index (χ0n) is 7.35. The number of carbonyl (C=O) groups excluding carboxylic acids is 1. The van der Waals surface area contributed by atoms with Gasteiger partial charge in [0.2, 0.25) is 11.2 Å². The Labute approximate surface area is 88.5 Å². The van der Waals surface area contributed by atoms with E-state index < -0.39 is 0 Å². The predicted molar refractivity (Wildman–Crippen MR) is 52.4 cm³/mol. The van der Waals surface area contributed by atoms with Crippen molar-refractivity contribution in [3.8, 4) is 5.82 Å². The lowest BCUT2D eigenvalue weighted by atomic mass is 10.5. The summed E-state index contributed by atoms with van der Waals surface area (Å²) < 4.78 is 1.21. The van der Waals surface area contributed by atoms with E-state index in [9.17, 15) is 9.59 Å². The van der Waals surface area contributed by atoms with Gasteiger partial charge in [0.1, 0.15) is 10.8 Å². The van der Waals surface area contributed by atoms with E-state index in [0.29, 0.717) is 6.29 Å². The zero-order chi connectivity index (χ0) is 10.8. The summed E-state index contributed by atoms with van der Waals surface area (Å²) in [5.74, 6) is 0.0625. The molecular weight excluding hydrogens is 220 g/mol. The first kappa shape index (κ1) is 9.60. The van der Waals surface area contributed by atoms with Crippen molar-refractivity contribution >= 4 is 17.9 Å². The van der Waals surface area contributed by atoms with Crippen LogP contribution in [0.25, 0.3) is 5.82 Å². The summed E-state index contributed by atoms with van der Waals surface area (Å²) in [6.45, 7) is 0. The second kappa shape index (κ2) is 3.66. The zero-order valence-corrected chi connectivity index (χ0v) is 8.10. The lowest BCUT2D eigenvalue weighted by Gasteiger charge is -1.97. The summed E-state index contributed by atoms with van der Waals surface area (Å²) in [6.07, 6.45) is 2.05. The summed E-state index contributed by atoms with van der Waals surface area (Å²) in [5, 5.41) is 10.1. The number of carbonyl (C=O) groups is 1. The van der Waals surface area contributed by atoms with Crippen molar-refractivity contribution in [3.63, 3.8) is 0 Å². The van der Waals surface area contributed by atoms with E-state index >= 15 is 0 Å². The van der Waals surface area contributed by atoms with Gasteiger partial charge in [0.25, 0.3) is 0 Å². The molecule has 0 unspecified atom stereocenters. The van der Waals surface area contributed by atoms with Crippen LogP contribution < -0.4 is 5.43 Å². The molecule has 0 fully saturated rings. The maximum atomic E-state index is 11.4. The van der Waals surface area contributed by atoms with Gasteiger partial charge in [-0.2, -0.15) is 10.2 Å². The predicted octanol–water partition coefficient (Wildman–Crippen LogP) is 0.421. The van der Waals surface area contributed by atoms with Crippen molar-refractivity contribution in [2.45, 2.75) is 0 Å². The summed E-state index contributed by atoms with van der Waals surface area (Å²) in [4.78, 5) is 21.8. The molecule has 15 heavy (non-hydrogen) atoms. The summed E-state index contributed by atoms with van der Waals surface area (Å²) in [7, 11) is 0. The second-order valence-electron chi connectivity index (χ2n) is 2.71. The fourth-order valence-electron chi connectivity index (χ4n) is 1.06. The van der Waals surface area contributed by atoms with Gasteiger partial charge in [-0.25, -0.2) is 4.68 Å². The second-order valence-corrected chi connectivity index (χ2v) is 3.11. The molecule has 2 aromatic heterocycles. The Hall–Kier alpha value is -1.95. The highest BCUT2D eigenvalue weighted by atomic mass is 35.5. The van der Waals surface area contributed by atoms with Crippen molar-refractivity contribution in [2.24, 2.45) is 0 Å². The Kier molecular flexibility index (Phi) is 2.34. The van der Waals surface area contributed by atoms with Crippen LogP contribution in [0.4, 0.5) is 0 Å². The van der Waals surface area contributed by atoms with Gasteiger partial charge >= 0.3 is 0 Å². The highest BCUT2D eigenvalue weighted by Gasteiger charge is 2.06. The third-order valence-electron chi connectivity index (χ3n) is 1.69. The number of rotatable bonds is 2. The van der Waals surface area contributed by atoms with Gasteiger partial charge in [-0.3, -0.25) is 14.7 Å². The van der Waals surface area contributed by atoms with Crippen LogP contribution >= 0.6 is 11.6 Å². The van der Waals surface area contributed by atoms with Crippen molar-refractivity contribution in [3.05, 3.63) is 39.4 Å². The van der Waals surface area contributed by atoms with Gasteiger partial charge in [0, 0.05) is 12.3 Å². The lowest BCUT2D eigenvalue weighted by Crippen LogP contribution is -2.14. The first-order valence-electron chi connectivity index (χ1n) is 3.97. The first-order chi connectivity index (χ1) is 7.20. The highest BCUT2D eigenvalue weighted by molar-refractivity contribution is 6.29. The smallest absolute Gasteiger partial charge is 0.227 e. The van der Waals surface area contributed by atoms with E-state index in [0.717, 1.165) is 0 Å². The van der Waals surface area contributed by atoms with Crippen LogP contribution in [0.1, 0.15) is 10.5 Å². The van der Waals surface area contributed by atoms with Crippen molar-refractivity contribution in [1.29, 1.82) is 0 Å². The van der Waals surface area contributed by atoms with Crippen LogP contribution in [0, 0.1) is 0 Å². The molecule has 1 N–H and O–H groups in total. The van der Waals surface area contributed by atoms with Crippen LogP contribution in [0.5, 0.6) is 0 Å². The molecule has 0 aliphatic carbocycles. The maximum absolute atomic E-state index is 11.4. The summed E-state index contributed by atoms with van der Waals surface area (Å²) in [6, 6.07) is 2.66. The van der Waals surface area contributed by atoms with Gasteiger partial charge in [-0.1, -0.05) is 11.6 Å². The number of aromatic amines is 1. The largest absolute Gasteiger partial charge is 0.296 e. The van der Waals surface area contributed by atoms with Gasteiger partial charge in [-0.05, 0) is 6.07 Å². The molecule has 0 saturated heterocycles. The van der Waals surface area contributed by atoms with E-state index in [1.807, 2.05) is 0 Å². The van der Waals surface area contributed by atoms with Crippen LogP contribution in [-0.2, 0) is 0 Å². The van der Waals surface area contributed by atoms with Crippen LogP contribution in [0.3, 0.4) is 0 Å². The molecule has 0 saturated carbocycles. The molecule has 0 aliphatic heterocycles. The van der Waals surface area contributed by atoms with Crippen molar-refractivity contribution in [1.82, 2.24) is 20.0 Å².